The highest BCUT2D eigenvalue weighted by Gasteiger charge is 2.13. The van der Waals surface area contributed by atoms with Gasteiger partial charge in [0.1, 0.15) is 5.75 Å². The second kappa shape index (κ2) is 7.52. The summed E-state index contributed by atoms with van der Waals surface area (Å²) in [6.07, 6.45) is 4.80. The van der Waals surface area contributed by atoms with Crippen molar-refractivity contribution in [2.24, 2.45) is 0 Å². The number of hydrogen-bond donors (Lipinski definition) is 0. The number of rotatable bonds is 5. The lowest BCUT2D eigenvalue weighted by Crippen LogP contribution is -2.31. The molecule has 0 fully saturated rings. The number of hydrogen-bond acceptors (Lipinski definition) is 2. The van der Waals surface area contributed by atoms with Crippen LogP contribution in [-0.4, -0.2) is 24.5 Å². The molecule has 1 amide bonds. The average Bonchev–Trinajstić information content (AvgIpc) is 2.61. The van der Waals surface area contributed by atoms with Gasteiger partial charge < -0.3 is 9.64 Å². The monoisotopic (exact) mass is 323 g/mol. The minimum atomic E-state index is -0.00621. The molecule has 0 saturated heterocycles. The molecule has 1 aliphatic rings. The van der Waals surface area contributed by atoms with Gasteiger partial charge in [-0.3, -0.25) is 4.79 Å². The van der Waals surface area contributed by atoms with Crippen LogP contribution in [0.2, 0.25) is 0 Å². The molecule has 0 aromatic heterocycles. The van der Waals surface area contributed by atoms with E-state index in [9.17, 15) is 4.79 Å². The van der Waals surface area contributed by atoms with E-state index in [4.69, 9.17) is 4.74 Å². The van der Waals surface area contributed by atoms with Gasteiger partial charge in [0, 0.05) is 13.6 Å². The summed E-state index contributed by atoms with van der Waals surface area (Å²) in [4.78, 5) is 14.0. The molecule has 2 aromatic carbocycles. The van der Waals surface area contributed by atoms with Crippen LogP contribution in [0.3, 0.4) is 0 Å². The zero-order valence-corrected chi connectivity index (χ0v) is 14.5. The molecule has 0 spiro atoms. The SMILES string of the molecule is Cc1ccc(CN(C)C(=O)COc2ccc3c(c2)CCCC3)cc1. The Hall–Kier alpha value is -2.29. The molecule has 3 heteroatoms. The maximum atomic E-state index is 12.3. The van der Waals surface area contributed by atoms with Crippen molar-refractivity contribution >= 4 is 5.91 Å². The van der Waals surface area contributed by atoms with Crippen LogP contribution < -0.4 is 4.74 Å². The summed E-state index contributed by atoms with van der Waals surface area (Å²) in [5, 5.41) is 0. The van der Waals surface area contributed by atoms with E-state index in [-0.39, 0.29) is 12.5 Å². The van der Waals surface area contributed by atoms with Crippen molar-refractivity contribution in [3.05, 3.63) is 64.7 Å². The summed E-state index contributed by atoms with van der Waals surface area (Å²) in [5.74, 6) is 0.793. The first-order valence-corrected chi connectivity index (χ1v) is 8.66. The first-order valence-electron chi connectivity index (χ1n) is 8.66. The number of likely N-dealkylation sites (N-methyl/N-ethyl adjacent to an activating group) is 1. The molecule has 0 N–H and O–H groups in total. The molecular weight excluding hydrogens is 298 g/mol. The molecule has 1 aliphatic carbocycles. The first kappa shape index (κ1) is 16.6. The molecule has 0 bridgehead atoms. The number of nitrogens with zero attached hydrogens (tertiary/aromatic N) is 1. The van der Waals surface area contributed by atoms with Gasteiger partial charge in [0.25, 0.3) is 5.91 Å². The van der Waals surface area contributed by atoms with Crippen LogP contribution in [-0.2, 0) is 24.2 Å². The Morgan fingerprint density at radius 2 is 1.75 bits per heavy atom. The Kier molecular flexibility index (Phi) is 5.19. The summed E-state index contributed by atoms with van der Waals surface area (Å²) < 4.78 is 5.72. The summed E-state index contributed by atoms with van der Waals surface area (Å²) in [6.45, 7) is 2.75. The fourth-order valence-electron chi connectivity index (χ4n) is 3.11. The largest absolute Gasteiger partial charge is 0.484 e. The molecule has 0 aliphatic heterocycles. The average molecular weight is 323 g/mol. The van der Waals surface area contributed by atoms with Gasteiger partial charge in [-0.15, -0.1) is 0 Å². The molecule has 3 nitrogen and oxygen atoms in total. The lowest BCUT2D eigenvalue weighted by molar-refractivity contribution is -0.132. The Morgan fingerprint density at radius 3 is 2.50 bits per heavy atom. The van der Waals surface area contributed by atoms with Crippen molar-refractivity contribution in [3.63, 3.8) is 0 Å². The fourth-order valence-corrected chi connectivity index (χ4v) is 3.11. The Balaban J connectivity index is 1.54. The lowest BCUT2D eigenvalue weighted by Gasteiger charge is -2.19. The van der Waals surface area contributed by atoms with Gasteiger partial charge >= 0.3 is 0 Å². The molecule has 24 heavy (non-hydrogen) atoms. The van der Waals surface area contributed by atoms with E-state index in [0.29, 0.717) is 6.54 Å². The minimum Gasteiger partial charge on any atom is -0.484 e. The summed E-state index contributed by atoms with van der Waals surface area (Å²) >= 11 is 0. The quantitative estimate of drug-likeness (QED) is 0.835. The van der Waals surface area contributed by atoms with Crippen LogP contribution in [0.4, 0.5) is 0 Å². The summed E-state index contributed by atoms with van der Waals surface area (Å²) in [5.41, 5.74) is 5.16. The highest BCUT2D eigenvalue weighted by atomic mass is 16.5. The van der Waals surface area contributed by atoms with Crippen molar-refractivity contribution < 1.29 is 9.53 Å². The molecule has 126 valence electrons. The van der Waals surface area contributed by atoms with Gasteiger partial charge in [-0.2, -0.15) is 0 Å². The van der Waals surface area contributed by atoms with Gasteiger partial charge in [0.2, 0.25) is 0 Å². The number of carbonyl (C=O) groups is 1. The van der Waals surface area contributed by atoms with Crippen LogP contribution in [0.5, 0.6) is 5.75 Å². The highest BCUT2D eigenvalue weighted by molar-refractivity contribution is 5.77. The van der Waals surface area contributed by atoms with E-state index in [1.54, 1.807) is 4.90 Å². The van der Waals surface area contributed by atoms with Crippen LogP contribution >= 0.6 is 0 Å². The number of benzene rings is 2. The molecule has 0 unspecified atom stereocenters. The third-order valence-electron chi connectivity index (χ3n) is 4.65. The van der Waals surface area contributed by atoms with E-state index >= 15 is 0 Å². The Morgan fingerprint density at radius 1 is 1.04 bits per heavy atom. The van der Waals surface area contributed by atoms with E-state index in [1.165, 1.54) is 29.5 Å². The molecule has 2 aromatic rings. The van der Waals surface area contributed by atoms with Crippen LogP contribution in [0.1, 0.15) is 35.1 Å². The van der Waals surface area contributed by atoms with Crippen LogP contribution in [0.25, 0.3) is 0 Å². The molecule has 0 radical (unpaired) electrons. The number of carbonyl (C=O) groups excluding carboxylic acids is 1. The van der Waals surface area contributed by atoms with Gasteiger partial charge in [0.15, 0.2) is 6.61 Å². The smallest absolute Gasteiger partial charge is 0.260 e. The summed E-state index contributed by atoms with van der Waals surface area (Å²) in [7, 11) is 1.82. The molecular formula is C21H25NO2. The maximum absolute atomic E-state index is 12.3. The second-order valence-corrected chi connectivity index (χ2v) is 6.66. The zero-order chi connectivity index (χ0) is 16.9. The van der Waals surface area contributed by atoms with Crippen LogP contribution in [0.15, 0.2) is 42.5 Å². The third-order valence-corrected chi connectivity index (χ3v) is 4.65. The Labute approximate surface area is 144 Å². The lowest BCUT2D eigenvalue weighted by atomic mass is 9.92. The second-order valence-electron chi connectivity index (χ2n) is 6.66. The molecule has 0 heterocycles. The number of ether oxygens (including phenoxy) is 1. The molecule has 0 atom stereocenters. The van der Waals surface area contributed by atoms with Gasteiger partial charge in [-0.25, -0.2) is 0 Å². The van der Waals surface area contributed by atoms with Crippen LogP contribution in [0, 0.1) is 6.92 Å². The number of aryl methyl sites for hydroxylation is 3. The maximum Gasteiger partial charge on any atom is 0.260 e. The third kappa shape index (κ3) is 4.16. The topological polar surface area (TPSA) is 29.5 Å². The predicted molar refractivity (Wildman–Crippen MR) is 96.2 cm³/mol. The van der Waals surface area contributed by atoms with Crippen molar-refractivity contribution in [1.29, 1.82) is 0 Å². The van der Waals surface area contributed by atoms with Crippen molar-refractivity contribution in [2.75, 3.05) is 13.7 Å². The number of fused-ring (bicyclic) bond motifs is 1. The van der Waals surface area contributed by atoms with Crippen molar-refractivity contribution in [2.45, 2.75) is 39.2 Å². The predicted octanol–water partition coefficient (Wildman–Crippen LogP) is 3.91. The van der Waals surface area contributed by atoms with E-state index in [0.717, 1.165) is 24.2 Å². The highest BCUT2D eigenvalue weighted by Crippen LogP contribution is 2.25. The Bertz CT molecular complexity index is 706. The fraction of sp³-hybridized carbons (Fsp3) is 0.381. The summed E-state index contributed by atoms with van der Waals surface area (Å²) in [6, 6.07) is 14.5. The molecule has 3 rings (SSSR count). The first-order chi connectivity index (χ1) is 11.6. The number of amides is 1. The van der Waals surface area contributed by atoms with Gasteiger partial charge in [-0.1, -0.05) is 35.9 Å². The van der Waals surface area contributed by atoms with Gasteiger partial charge in [-0.05, 0) is 61.4 Å². The van der Waals surface area contributed by atoms with Crippen molar-refractivity contribution in [3.8, 4) is 5.75 Å². The molecule has 0 saturated carbocycles. The minimum absolute atomic E-state index is 0.00621. The standard InChI is InChI=1S/C21H25NO2/c1-16-7-9-17(10-8-16)14-22(2)21(23)15-24-20-12-11-18-5-3-4-6-19(18)13-20/h7-13H,3-6,14-15H2,1-2H3. The van der Waals surface area contributed by atoms with Gasteiger partial charge in [0.05, 0.1) is 0 Å². The van der Waals surface area contributed by atoms with Crippen molar-refractivity contribution in [1.82, 2.24) is 4.90 Å². The van der Waals surface area contributed by atoms with E-state index in [1.807, 2.05) is 13.1 Å². The van der Waals surface area contributed by atoms with E-state index < -0.39 is 0 Å². The zero-order valence-electron chi connectivity index (χ0n) is 14.5. The normalized spacial score (nSPS) is 13.2. The van der Waals surface area contributed by atoms with E-state index in [2.05, 4.69) is 43.3 Å².